The van der Waals surface area contributed by atoms with Gasteiger partial charge in [0.1, 0.15) is 17.0 Å². The van der Waals surface area contributed by atoms with Crippen LogP contribution < -0.4 is 0 Å². The highest BCUT2D eigenvalue weighted by Crippen LogP contribution is 2.59. The second-order valence-corrected chi connectivity index (χ2v) is 9.66. The Hall–Kier alpha value is -3.99. The molecule has 1 aliphatic heterocycles. The van der Waals surface area contributed by atoms with E-state index < -0.39 is 18.3 Å². The Balaban J connectivity index is 1.58. The Morgan fingerprint density at radius 1 is 0.474 bits per heavy atom. The van der Waals surface area contributed by atoms with Gasteiger partial charge in [-0.3, -0.25) is 0 Å². The van der Waals surface area contributed by atoms with Crippen LogP contribution >= 0.6 is 0 Å². The van der Waals surface area contributed by atoms with Crippen LogP contribution in [0, 0.1) is 5.82 Å². The third kappa shape index (κ3) is 4.16. The molecular formula is C34H28BFO2. The van der Waals surface area contributed by atoms with Crippen molar-refractivity contribution in [3.05, 3.63) is 179 Å². The average molecular weight is 498 g/mol. The topological polar surface area (TPSA) is 18.5 Å². The molecule has 6 rings (SSSR count). The fraction of sp³-hybridized carbons (Fsp3) is 0.118. The highest BCUT2D eigenvalue weighted by atomic mass is 19.1. The molecule has 1 aliphatic rings. The van der Waals surface area contributed by atoms with Gasteiger partial charge in [0.05, 0.1) is 0 Å². The lowest BCUT2D eigenvalue weighted by Crippen LogP contribution is -2.48. The zero-order chi connectivity index (χ0) is 25.8. The number of aryl methyl sites for hydroxylation is 1. The van der Waals surface area contributed by atoms with Crippen LogP contribution in [0.2, 0.25) is 6.32 Å². The SMILES string of the molecule is Fc1ccc(CCB2OC(c3ccccc3)(c3ccccc3)C(c3ccccc3)(c3ccccc3)O2)cc1. The molecule has 0 amide bonds. The maximum atomic E-state index is 13.5. The fourth-order valence-corrected chi connectivity index (χ4v) is 5.75. The first-order valence-corrected chi connectivity index (χ1v) is 13.0. The van der Waals surface area contributed by atoms with Crippen molar-refractivity contribution < 1.29 is 13.7 Å². The molecule has 0 unspecified atom stereocenters. The van der Waals surface area contributed by atoms with Gasteiger partial charge in [0.15, 0.2) is 0 Å². The van der Waals surface area contributed by atoms with E-state index in [2.05, 4.69) is 97.1 Å². The van der Waals surface area contributed by atoms with Crippen LogP contribution in [-0.4, -0.2) is 7.12 Å². The van der Waals surface area contributed by atoms with Crippen LogP contribution in [0.4, 0.5) is 4.39 Å². The summed E-state index contributed by atoms with van der Waals surface area (Å²) in [5, 5.41) is 0. The van der Waals surface area contributed by atoms with E-state index in [0.29, 0.717) is 12.7 Å². The van der Waals surface area contributed by atoms with E-state index in [1.54, 1.807) is 0 Å². The molecule has 0 saturated carbocycles. The molecular weight excluding hydrogens is 470 g/mol. The molecule has 2 nitrogen and oxygen atoms in total. The average Bonchev–Trinajstić information content (AvgIpc) is 3.36. The minimum absolute atomic E-state index is 0.235. The van der Waals surface area contributed by atoms with Crippen molar-refractivity contribution in [2.24, 2.45) is 0 Å². The standard InChI is InChI=1S/C34H28BFO2/c36-32-23-21-27(22-24-32)25-26-35-37-33(28-13-5-1-6-14-28,29-15-7-2-8-16-29)34(38-35,30-17-9-3-10-18-30)31-19-11-4-12-20-31/h1-24H,25-26H2. The predicted octanol–water partition coefficient (Wildman–Crippen LogP) is 7.79. The Morgan fingerprint density at radius 3 is 1.16 bits per heavy atom. The van der Waals surface area contributed by atoms with Crippen LogP contribution in [0.25, 0.3) is 0 Å². The number of hydrogen-bond acceptors (Lipinski definition) is 2. The molecule has 4 heteroatoms. The molecule has 1 fully saturated rings. The highest BCUT2D eigenvalue weighted by molar-refractivity contribution is 6.45. The maximum absolute atomic E-state index is 13.5. The summed E-state index contributed by atoms with van der Waals surface area (Å²) in [5.74, 6) is -0.235. The van der Waals surface area contributed by atoms with Crippen LogP contribution in [0.5, 0.6) is 0 Å². The lowest BCUT2D eigenvalue weighted by atomic mass is 9.66. The van der Waals surface area contributed by atoms with Gasteiger partial charge in [-0.25, -0.2) is 4.39 Å². The Labute approximate surface area is 223 Å². The van der Waals surface area contributed by atoms with E-state index in [-0.39, 0.29) is 5.82 Å². The lowest BCUT2D eigenvalue weighted by molar-refractivity contribution is 0.00370. The number of halogens is 1. The summed E-state index contributed by atoms with van der Waals surface area (Å²) in [6, 6.07) is 48.2. The molecule has 186 valence electrons. The minimum atomic E-state index is -0.967. The van der Waals surface area contributed by atoms with Gasteiger partial charge < -0.3 is 9.31 Å². The van der Waals surface area contributed by atoms with Crippen molar-refractivity contribution in [2.75, 3.05) is 0 Å². The smallest absolute Gasteiger partial charge is 0.394 e. The van der Waals surface area contributed by atoms with E-state index in [4.69, 9.17) is 9.31 Å². The molecule has 1 saturated heterocycles. The quantitative estimate of drug-likeness (QED) is 0.213. The van der Waals surface area contributed by atoms with Crippen LogP contribution in [0.15, 0.2) is 146 Å². The second kappa shape index (κ2) is 10.4. The molecule has 0 aliphatic carbocycles. The molecule has 5 aromatic carbocycles. The summed E-state index contributed by atoms with van der Waals surface area (Å²) in [4.78, 5) is 0. The summed E-state index contributed by atoms with van der Waals surface area (Å²) >= 11 is 0. The summed E-state index contributed by atoms with van der Waals surface area (Å²) < 4.78 is 27.9. The molecule has 0 radical (unpaired) electrons. The molecule has 0 atom stereocenters. The van der Waals surface area contributed by atoms with Gasteiger partial charge >= 0.3 is 7.12 Å². The van der Waals surface area contributed by atoms with Crippen molar-refractivity contribution in [3.63, 3.8) is 0 Å². The molecule has 0 aromatic heterocycles. The van der Waals surface area contributed by atoms with Crippen molar-refractivity contribution in [3.8, 4) is 0 Å². The molecule has 5 aromatic rings. The van der Waals surface area contributed by atoms with Crippen molar-refractivity contribution in [1.29, 1.82) is 0 Å². The zero-order valence-electron chi connectivity index (χ0n) is 21.0. The van der Waals surface area contributed by atoms with Crippen LogP contribution in [-0.2, 0) is 26.9 Å². The third-order valence-electron chi connectivity index (χ3n) is 7.42. The summed E-state index contributed by atoms with van der Waals surface area (Å²) in [6.45, 7) is 0. The zero-order valence-corrected chi connectivity index (χ0v) is 21.0. The molecule has 38 heavy (non-hydrogen) atoms. The first kappa shape index (κ1) is 24.4. The highest BCUT2D eigenvalue weighted by Gasteiger charge is 2.65. The van der Waals surface area contributed by atoms with E-state index in [0.717, 1.165) is 27.8 Å². The second-order valence-electron chi connectivity index (χ2n) is 9.66. The summed E-state index contributed by atoms with van der Waals surface area (Å²) in [5.41, 5.74) is 3.18. The van der Waals surface area contributed by atoms with Gasteiger partial charge in [0.2, 0.25) is 0 Å². The summed E-state index contributed by atoms with van der Waals surface area (Å²) in [7, 11) is -0.513. The van der Waals surface area contributed by atoms with Gasteiger partial charge in [-0.2, -0.15) is 0 Å². The normalized spacial score (nSPS) is 15.9. The van der Waals surface area contributed by atoms with E-state index in [9.17, 15) is 4.39 Å². The number of rotatable bonds is 7. The largest absolute Gasteiger partial charge is 0.459 e. The van der Waals surface area contributed by atoms with Crippen molar-refractivity contribution in [2.45, 2.75) is 23.9 Å². The number of benzene rings is 5. The monoisotopic (exact) mass is 498 g/mol. The molecule has 0 bridgehead atoms. The van der Waals surface area contributed by atoms with E-state index in [1.807, 2.05) is 36.4 Å². The molecule has 1 heterocycles. The van der Waals surface area contributed by atoms with Gasteiger partial charge in [-0.05, 0) is 52.7 Å². The van der Waals surface area contributed by atoms with Crippen molar-refractivity contribution >= 4 is 7.12 Å². The van der Waals surface area contributed by atoms with Crippen LogP contribution in [0.3, 0.4) is 0 Å². The lowest BCUT2D eigenvalue weighted by Gasteiger charge is -2.46. The Morgan fingerprint density at radius 2 is 0.816 bits per heavy atom. The first-order valence-electron chi connectivity index (χ1n) is 13.0. The fourth-order valence-electron chi connectivity index (χ4n) is 5.75. The van der Waals surface area contributed by atoms with E-state index in [1.165, 1.54) is 12.1 Å². The third-order valence-corrected chi connectivity index (χ3v) is 7.42. The number of hydrogen-bond donors (Lipinski definition) is 0. The van der Waals surface area contributed by atoms with E-state index >= 15 is 0 Å². The van der Waals surface area contributed by atoms with Gasteiger partial charge in [0.25, 0.3) is 0 Å². The first-order chi connectivity index (χ1) is 18.7. The molecule has 0 N–H and O–H groups in total. The maximum Gasteiger partial charge on any atom is 0.459 e. The summed E-state index contributed by atoms with van der Waals surface area (Å²) in [6.07, 6.45) is 1.32. The Bertz CT molecular complexity index is 1290. The Kier molecular flexibility index (Phi) is 6.67. The van der Waals surface area contributed by atoms with Gasteiger partial charge in [-0.1, -0.05) is 133 Å². The predicted molar refractivity (Wildman–Crippen MR) is 150 cm³/mol. The minimum Gasteiger partial charge on any atom is -0.394 e. The van der Waals surface area contributed by atoms with Gasteiger partial charge in [0, 0.05) is 0 Å². The molecule has 0 spiro atoms. The van der Waals surface area contributed by atoms with Gasteiger partial charge in [-0.15, -0.1) is 0 Å². The van der Waals surface area contributed by atoms with Crippen LogP contribution in [0.1, 0.15) is 27.8 Å². The van der Waals surface area contributed by atoms with Crippen molar-refractivity contribution in [1.82, 2.24) is 0 Å².